The van der Waals surface area contributed by atoms with Gasteiger partial charge in [-0.3, -0.25) is 9.88 Å². The molecule has 0 aliphatic carbocycles. The number of aromatic nitrogens is 2. The molecule has 1 aromatic carbocycles. The number of carboxylic acids is 1. The molecule has 3 rings (SSSR count). The van der Waals surface area contributed by atoms with E-state index in [4.69, 9.17) is 5.11 Å². The van der Waals surface area contributed by atoms with Gasteiger partial charge in [-0.1, -0.05) is 12.1 Å². The Morgan fingerprint density at radius 3 is 3.00 bits per heavy atom. The number of nitrogens with zero attached hydrogens (tertiary/aromatic N) is 3. The Morgan fingerprint density at radius 1 is 1.40 bits per heavy atom. The summed E-state index contributed by atoms with van der Waals surface area (Å²) in [6, 6.07) is 6.93. The zero-order chi connectivity index (χ0) is 17.6. The van der Waals surface area contributed by atoms with E-state index in [-0.39, 0.29) is 11.9 Å². The maximum absolute atomic E-state index is 13.3. The van der Waals surface area contributed by atoms with Gasteiger partial charge in [0.25, 0.3) is 0 Å². The van der Waals surface area contributed by atoms with Crippen molar-refractivity contribution in [2.45, 2.75) is 19.0 Å². The number of hydrogen-bond acceptors (Lipinski definition) is 5. The standard InChI is InChI=1S/C18H19FN4O2/c19-14-3-1-2-13(8-14)11-23-7-6-16(12-23)22-17-10-20-15(9-21-17)4-5-18(24)25/h1-5,8-10,16H,6-7,11-12H2,(H,21,22)(H,24,25)/b5-4+/t16-/m1/s1. The Labute approximate surface area is 145 Å². The molecule has 1 aliphatic rings. The fourth-order valence-corrected chi connectivity index (χ4v) is 2.85. The molecule has 1 atom stereocenters. The Bertz CT molecular complexity index is 764. The number of aliphatic carboxylic acids is 1. The van der Waals surface area contributed by atoms with Crippen LogP contribution in [0.3, 0.4) is 0 Å². The summed E-state index contributed by atoms with van der Waals surface area (Å²) in [4.78, 5) is 21.2. The van der Waals surface area contributed by atoms with Gasteiger partial charge in [0.15, 0.2) is 0 Å². The highest BCUT2D eigenvalue weighted by Gasteiger charge is 2.22. The molecule has 0 unspecified atom stereocenters. The number of carbonyl (C=O) groups is 1. The molecule has 2 heterocycles. The minimum Gasteiger partial charge on any atom is -0.478 e. The Morgan fingerprint density at radius 2 is 2.28 bits per heavy atom. The molecule has 0 saturated carbocycles. The Balaban J connectivity index is 1.52. The van der Waals surface area contributed by atoms with Crippen LogP contribution in [0.25, 0.3) is 6.08 Å². The molecule has 1 fully saturated rings. The zero-order valence-corrected chi connectivity index (χ0v) is 13.6. The lowest BCUT2D eigenvalue weighted by atomic mass is 10.2. The summed E-state index contributed by atoms with van der Waals surface area (Å²) in [6.45, 7) is 2.50. The number of likely N-dealkylation sites (tertiary alicyclic amines) is 1. The van der Waals surface area contributed by atoms with E-state index in [0.29, 0.717) is 11.5 Å². The van der Waals surface area contributed by atoms with Gasteiger partial charge >= 0.3 is 5.97 Å². The minimum atomic E-state index is -1.02. The first kappa shape index (κ1) is 17.0. The molecule has 6 nitrogen and oxygen atoms in total. The minimum absolute atomic E-state index is 0.210. The van der Waals surface area contributed by atoms with Crippen molar-refractivity contribution in [1.82, 2.24) is 14.9 Å². The van der Waals surface area contributed by atoms with E-state index in [9.17, 15) is 9.18 Å². The molecular weight excluding hydrogens is 323 g/mol. The first-order valence-electron chi connectivity index (χ1n) is 8.05. The van der Waals surface area contributed by atoms with Crippen LogP contribution in [-0.4, -0.2) is 45.1 Å². The van der Waals surface area contributed by atoms with Crippen molar-refractivity contribution >= 4 is 17.9 Å². The van der Waals surface area contributed by atoms with Crippen molar-refractivity contribution in [2.24, 2.45) is 0 Å². The molecule has 130 valence electrons. The number of benzene rings is 1. The van der Waals surface area contributed by atoms with Crippen molar-refractivity contribution in [2.75, 3.05) is 18.4 Å². The van der Waals surface area contributed by atoms with Gasteiger partial charge in [-0.2, -0.15) is 0 Å². The van der Waals surface area contributed by atoms with Crippen LogP contribution in [0.1, 0.15) is 17.7 Å². The third kappa shape index (κ3) is 5.09. The van der Waals surface area contributed by atoms with Crippen LogP contribution in [0.5, 0.6) is 0 Å². The molecule has 2 N–H and O–H groups in total. The van der Waals surface area contributed by atoms with Gasteiger partial charge in [0, 0.05) is 31.8 Å². The van der Waals surface area contributed by atoms with E-state index in [0.717, 1.165) is 37.7 Å². The summed E-state index contributed by atoms with van der Waals surface area (Å²) >= 11 is 0. The third-order valence-corrected chi connectivity index (χ3v) is 3.99. The number of hydrogen-bond donors (Lipinski definition) is 2. The molecule has 25 heavy (non-hydrogen) atoms. The lowest BCUT2D eigenvalue weighted by molar-refractivity contribution is -0.131. The van der Waals surface area contributed by atoms with Gasteiger partial charge in [0.1, 0.15) is 11.6 Å². The van der Waals surface area contributed by atoms with Gasteiger partial charge in [0.2, 0.25) is 0 Å². The molecule has 7 heteroatoms. The molecule has 1 saturated heterocycles. The maximum atomic E-state index is 13.3. The van der Waals surface area contributed by atoms with Crippen molar-refractivity contribution in [3.05, 3.63) is 59.8 Å². The highest BCUT2D eigenvalue weighted by Crippen LogP contribution is 2.17. The molecule has 0 spiro atoms. The van der Waals surface area contributed by atoms with E-state index in [1.54, 1.807) is 18.3 Å². The summed E-state index contributed by atoms with van der Waals surface area (Å²) in [5.41, 5.74) is 1.46. The van der Waals surface area contributed by atoms with Crippen molar-refractivity contribution < 1.29 is 14.3 Å². The van der Waals surface area contributed by atoms with Crippen molar-refractivity contribution in [3.63, 3.8) is 0 Å². The summed E-state index contributed by atoms with van der Waals surface area (Å²) < 4.78 is 13.3. The van der Waals surface area contributed by atoms with Crippen LogP contribution < -0.4 is 5.32 Å². The van der Waals surface area contributed by atoms with Crippen LogP contribution in [-0.2, 0) is 11.3 Å². The predicted octanol–water partition coefficient (Wildman–Crippen LogP) is 2.40. The summed E-state index contributed by atoms with van der Waals surface area (Å²) in [6.07, 6.45) is 6.52. The monoisotopic (exact) mass is 342 g/mol. The molecule has 0 bridgehead atoms. The quantitative estimate of drug-likeness (QED) is 0.785. The zero-order valence-electron chi connectivity index (χ0n) is 13.6. The highest BCUT2D eigenvalue weighted by atomic mass is 19.1. The smallest absolute Gasteiger partial charge is 0.328 e. The van der Waals surface area contributed by atoms with Gasteiger partial charge in [-0.25, -0.2) is 14.2 Å². The SMILES string of the molecule is O=C(O)/C=C/c1cnc(N[C@@H]2CCN(Cc3cccc(F)c3)C2)cn1. The highest BCUT2D eigenvalue weighted by molar-refractivity contribution is 5.84. The van der Waals surface area contributed by atoms with Crippen molar-refractivity contribution in [1.29, 1.82) is 0 Å². The van der Waals surface area contributed by atoms with E-state index in [1.807, 2.05) is 6.07 Å². The average Bonchev–Trinajstić information content (AvgIpc) is 3.01. The van der Waals surface area contributed by atoms with E-state index in [1.165, 1.54) is 18.3 Å². The van der Waals surface area contributed by atoms with E-state index < -0.39 is 5.97 Å². The lowest BCUT2D eigenvalue weighted by Gasteiger charge is -2.17. The van der Waals surface area contributed by atoms with Gasteiger partial charge < -0.3 is 10.4 Å². The number of rotatable bonds is 6. The van der Waals surface area contributed by atoms with Crippen LogP contribution >= 0.6 is 0 Å². The van der Waals surface area contributed by atoms with Gasteiger partial charge in [-0.05, 0) is 30.2 Å². The second-order valence-corrected chi connectivity index (χ2v) is 5.99. The number of nitrogens with one attached hydrogen (secondary N) is 1. The lowest BCUT2D eigenvalue weighted by Crippen LogP contribution is -2.26. The predicted molar refractivity (Wildman–Crippen MR) is 92.4 cm³/mol. The van der Waals surface area contributed by atoms with Crippen molar-refractivity contribution in [3.8, 4) is 0 Å². The van der Waals surface area contributed by atoms with Crippen LogP contribution in [0.15, 0.2) is 42.7 Å². The molecule has 2 aromatic rings. The normalized spacial score (nSPS) is 17.9. The maximum Gasteiger partial charge on any atom is 0.328 e. The summed E-state index contributed by atoms with van der Waals surface area (Å²) in [7, 11) is 0. The number of anilines is 1. The second kappa shape index (κ2) is 7.85. The van der Waals surface area contributed by atoms with Crippen LogP contribution in [0.4, 0.5) is 10.2 Å². The molecule has 1 aromatic heterocycles. The molecular formula is C18H19FN4O2. The first-order chi connectivity index (χ1) is 12.1. The third-order valence-electron chi connectivity index (χ3n) is 3.99. The van der Waals surface area contributed by atoms with E-state index >= 15 is 0 Å². The Kier molecular flexibility index (Phi) is 5.35. The summed E-state index contributed by atoms with van der Waals surface area (Å²) in [5, 5.41) is 11.9. The fraction of sp³-hybridized carbons (Fsp3) is 0.278. The second-order valence-electron chi connectivity index (χ2n) is 5.99. The number of halogens is 1. The average molecular weight is 342 g/mol. The van der Waals surface area contributed by atoms with Crippen LogP contribution in [0.2, 0.25) is 0 Å². The largest absolute Gasteiger partial charge is 0.478 e. The summed E-state index contributed by atoms with van der Waals surface area (Å²) in [5.74, 6) is -0.572. The molecule has 1 aliphatic heterocycles. The van der Waals surface area contributed by atoms with Gasteiger partial charge in [-0.15, -0.1) is 0 Å². The molecule has 0 radical (unpaired) electrons. The van der Waals surface area contributed by atoms with E-state index in [2.05, 4.69) is 20.2 Å². The fourth-order valence-electron chi connectivity index (χ4n) is 2.85. The molecule has 0 amide bonds. The topological polar surface area (TPSA) is 78.3 Å². The number of carboxylic acid groups (broad SMARTS) is 1. The van der Waals surface area contributed by atoms with Gasteiger partial charge in [0.05, 0.1) is 18.1 Å². The first-order valence-corrected chi connectivity index (χ1v) is 8.05. The van der Waals surface area contributed by atoms with Crippen LogP contribution in [0, 0.1) is 5.82 Å². The Hall–Kier alpha value is -2.80.